The third kappa shape index (κ3) is 8.75. The molecule has 0 radical (unpaired) electrons. The molecule has 0 aliphatic heterocycles. The van der Waals surface area contributed by atoms with Crippen molar-refractivity contribution in [1.82, 2.24) is 10.2 Å². The van der Waals surface area contributed by atoms with Crippen molar-refractivity contribution in [3.63, 3.8) is 0 Å². The van der Waals surface area contributed by atoms with Crippen LogP contribution in [0.2, 0.25) is 5.02 Å². The molecule has 0 unspecified atom stereocenters. The van der Waals surface area contributed by atoms with E-state index in [0.717, 1.165) is 5.56 Å². The van der Waals surface area contributed by atoms with Crippen LogP contribution >= 0.6 is 11.6 Å². The first-order valence-corrected chi connectivity index (χ1v) is 11.2. The van der Waals surface area contributed by atoms with Crippen LogP contribution in [0.25, 0.3) is 0 Å². The molecule has 0 atom stereocenters. The van der Waals surface area contributed by atoms with Gasteiger partial charge >= 0.3 is 0 Å². The van der Waals surface area contributed by atoms with Gasteiger partial charge in [0.05, 0.1) is 13.1 Å². The monoisotopic (exact) mass is 497 g/mol. The minimum Gasteiger partial charge on any atom is -0.484 e. The summed E-state index contributed by atoms with van der Waals surface area (Å²) in [5.41, 5.74) is 2.31. The number of halogens is 2. The molecule has 3 amide bonds. The highest BCUT2D eigenvalue weighted by Gasteiger charge is 2.19. The third-order valence-corrected chi connectivity index (χ3v) is 5.18. The van der Waals surface area contributed by atoms with E-state index in [0.29, 0.717) is 22.0 Å². The van der Waals surface area contributed by atoms with Gasteiger partial charge in [-0.25, -0.2) is 4.39 Å². The van der Waals surface area contributed by atoms with Gasteiger partial charge < -0.3 is 20.3 Å². The fraction of sp³-hybridized carbons (Fsp3) is 0.192. The SMILES string of the molecule is Cc1ccc(NC(=O)CNC(=O)CN(Cc2ccc(F)cc2)C(=O)COc2ccc(Cl)cc2)cc1. The van der Waals surface area contributed by atoms with E-state index in [2.05, 4.69) is 10.6 Å². The van der Waals surface area contributed by atoms with E-state index in [9.17, 15) is 18.8 Å². The topological polar surface area (TPSA) is 87.7 Å². The number of nitrogens with one attached hydrogen (secondary N) is 2. The van der Waals surface area contributed by atoms with Gasteiger partial charge in [0, 0.05) is 17.3 Å². The van der Waals surface area contributed by atoms with E-state index in [1.54, 1.807) is 36.4 Å². The maximum atomic E-state index is 13.3. The first kappa shape index (κ1) is 25.7. The Morgan fingerprint density at radius 3 is 2.23 bits per heavy atom. The van der Waals surface area contributed by atoms with Crippen LogP contribution in [0.15, 0.2) is 72.8 Å². The summed E-state index contributed by atoms with van der Waals surface area (Å²) in [4.78, 5) is 38.8. The number of amides is 3. The Morgan fingerprint density at radius 1 is 0.914 bits per heavy atom. The minimum absolute atomic E-state index is 0.0616. The van der Waals surface area contributed by atoms with Crippen LogP contribution in [-0.4, -0.2) is 42.3 Å². The van der Waals surface area contributed by atoms with Gasteiger partial charge in [-0.05, 0) is 61.0 Å². The Labute approximate surface area is 207 Å². The number of benzene rings is 3. The van der Waals surface area contributed by atoms with Crippen molar-refractivity contribution in [2.75, 3.05) is 25.0 Å². The zero-order valence-corrected chi connectivity index (χ0v) is 19.8. The summed E-state index contributed by atoms with van der Waals surface area (Å²) < 4.78 is 18.8. The Kier molecular flexibility index (Phi) is 9.20. The standard InChI is InChI=1S/C26H25ClFN3O4/c1-18-2-10-22(11-3-18)30-24(32)14-29-25(33)16-31(15-19-4-8-21(28)9-5-19)26(34)17-35-23-12-6-20(27)7-13-23/h2-13H,14-17H2,1H3,(H,29,33)(H,30,32). The van der Waals surface area contributed by atoms with E-state index < -0.39 is 23.5 Å². The molecule has 35 heavy (non-hydrogen) atoms. The zero-order valence-electron chi connectivity index (χ0n) is 19.1. The summed E-state index contributed by atoms with van der Waals surface area (Å²) in [6.07, 6.45) is 0. The minimum atomic E-state index is -0.522. The number of nitrogens with zero attached hydrogens (tertiary/aromatic N) is 1. The van der Waals surface area contributed by atoms with Gasteiger partial charge in [0.2, 0.25) is 11.8 Å². The average Bonchev–Trinajstić information content (AvgIpc) is 2.84. The molecule has 0 spiro atoms. The predicted octanol–water partition coefficient (Wildman–Crippen LogP) is 3.95. The van der Waals surface area contributed by atoms with E-state index in [4.69, 9.17) is 16.3 Å². The van der Waals surface area contributed by atoms with Crippen LogP contribution in [0.1, 0.15) is 11.1 Å². The highest BCUT2D eigenvalue weighted by Crippen LogP contribution is 2.16. The van der Waals surface area contributed by atoms with Gasteiger partial charge in [0.25, 0.3) is 5.91 Å². The molecule has 3 aromatic carbocycles. The second-order valence-corrected chi connectivity index (χ2v) is 8.25. The van der Waals surface area contributed by atoms with Crippen LogP contribution in [0.5, 0.6) is 5.75 Å². The number of hydrogen-bond donors (Lipinski definition) is 2. The van der Waals surface area contributed by atoms with E-state index in [-0.39, 0.29) is 26.2 Å². The molecule has 0 aliphatic rings. The van der Waals surface area contributed by atoms with Crippen molar-refractivity contribution in [1.29, 1.82) is 0 Å². The molecule has 0 saturated heterocycles. The van der Waals surface area contributed by atoms with Crippen LogP contribution in [0, 0.1) is 12.7 Å². The van der Waals surface area contributed by atoms with Crippen molar-refractivity contribution in [3.8, 4) is 5.75 Å². The van der Waals surface area contributed by atoms with E-state index in [1.165, 1.54) is 29.2 Å². The van der Waals surface area contributed by atoms with Gasteiger partial charge in [0.1, 0.15) is 11.6 Å². The summed E-state index contributed by atoms with van der Waals surface area (Å²) in [7, 11) is 0. The normalized spacial score (nSPS) is 10.4. The molecule has 3 rings (SSSR count). The Hall–Kier alpha value is -3.91. The molecule has 9 heteroatoms. The number of ether oxygens (including phenoxy) is 1. The lowest BCUT2D eigenvalue weighted by molar-refractivity contribution is -0.138. The molecule has 0 saturated carbocycles. The first-order valence-electron chi connectivity index (χ1n) is 10.8. The van der Waals surface area contributed by atoms with Gasteiger partial charge in [-0.15, -0.1) is 0 Å². The van der Waals surface area contributed by atoms with Gasteiger partial charge in [0.15, 0.2) is 6.61 Å². The van der Waals surface area contributed by atoms with Gasteiger partial charge in [-0.3, -0.25) is 14.4 Å². The highest BCUT2D eigenvalue weighted by molar-refractivity contribution is 6.30. The zero-order chi connectivity index (χ0) is 25.2. The number of anilines is 1. The Morgan fingerprint density at radius 2 is 1.57 bits per heavy atom. The van der Waals surface area contributed by atoms with E-state index >= 15 is 0 Å². The Bertz CT molecular complexity index is 1150. The van der Waals surface area contributed by atoms with Crippen LogP contribution in [0.4, 0.5) is 10.1 Å². The highest BCUT2D eigenvalue weighted by atomic mass is 35.5. The lowest BCUT2D eigenvalue weighted by atomic mass is 10.2. The molecule has 0 bridgehead atoms. The third-order valence-electron chi connectivity index (χ3n) is 4.93. The summed E-state index contributed by atoms with van der Waals surface area (Å²) in [6, 6.07) is 19.4. The van der Waals surface area contributed by atoms with Crippen molar-refractivity contribution in [2.24, 2.45) is 0 Å². The number of hydrogen-bond acceptors (Lipinski definition) is 4. The first-order chi connectivity index (χ1) is 16.8. The summed E-state index contributed by atoms with van der Waals surface area (Å²) in [6.45, 7) is 1.12. The molecule has 0 aliphatic carbocycles. The van der Waals surface area contributed by atoms with Crippen molar-refractivity contribution in [2.45, 2.75) is 13.5 Å². The lowest BCUT2D eigenvalue weighted by Crippen LogP contribution is -2.44. The Balaban J connectivity index is 1.57. The summed E-state index contributed by atoms with van der Waals surface area (Å²) in [5, 5.41) is 5.74. The smallest absolute Gasteiger partial charge is 0.261 e. The van der Waals surface area contributed by atoms with Crippen LogP contribution in [-0.2, 0) is 20.9 Å². The quantitative estimate of drug-likeness (QED) is 0.444. The average molecular weight is 498 g/mol. The van der Waals surface area contributed by atoms with Crippen molar-refractivity contribution >= 4 is 35.0 Å². The molecule has 0 aromatic heterocycles. The number of carbonyl (C=O) groups is 3. The lowest BCUT2D eigenvalue weighted by Gasteiger charge is -2.22. The van der Waals surface area contributed by atoms with Crippen molar-refractivity contribution in [3.05, 3.63) is 94.8 Å². The maximum absolute atomic E-state index is 13.3. The fourth-order valence-corrected chi connectivity index (χ4v) is 3.19. The number of rotatable bonds is 10. The molecule has 0 heterocycles. The largest absolute Gasteiger partial charge is 0.484 e. The second-order valence-electron chi connectivity index (χ2n) is 7.81. The molecule has 182 valence electrons. The predicted molar refractivity (Wildman–Crippen MR) is 132 cm³/mol. The number of aryl methyl sites for hydroxylation is 1. The maximum Gasteiger partial charge on any atom is 0.261 e. The van der Waals surface area contributed by atoms with Crippen LogP contribution in [0.3, 0.4) is 0 Å². The number of carbonyl (C=O) groups excluding carboxylic acids is 3. The summed E-state index contributed by atoms with van der Waals surface area (Å²) >= 11 is 5.86. The second kappa shape index (κ2) is 12.5. The fourth-order valence-electron chi connectivity index (χ4n) is 3.06. The summed E-state index contributed by atoms with van der Waals surface area (Å²) in [5.74, 6) is -1.34. The van der Waals surface area contributed by atoms with E-state index in [1.807, 2.05) is 19.1 Å². The van der Waals surface area contributed by atoms with Gasteiger partial charge in [-0.2, -0.15) is 0 Å². The molecule has 0 fully saturated rings. The molecular formula is C26H25ClFN3O4. The molecule has 2 N–H and O–H groups in total. The van der Waals surface area contributed by atoms with Crippen LogP contribution < -0.4 is 15.4 Å². The molecule has 3 aromatic rings. The van der Waals surface area contributed by atoms with Crippen molar-refractivity contribution < 1.29 is 23.5 Å². The molecular weight excluding hydrogens is 473 g/mol. The molecule has 7 nitrogen and oxygen atoms in total. The van der Waals surface area contributed by atoms with Gasteiger partial charge in [-0.1, -0.05) is 41.4 Å².